The number of hydrogen-bond donors (Lipinski definition) is 1. The number of fused-ring (bicyclic) bond motifs is 1. The molecule has 2 N–H and O–H groups in total. The van der Waals surface area contributed by atoms with Gasteiger partial charge in [-0.1, -0.05) is 57.2 Å². The number of carbonyl (C=O) groups excluding carboxylic acids is 1. The number of nitro benzene ring substituents is 1. The molecule has 0 bridgehead atoms. The third-order valence-electron chi connectivity index (χ3n) is 6.52. The first kappa shape index (κ1) is 22.5. The van der Waals surface area contributed by atoms with Crippen molar-refractivity contribution in [2.45, 2.75) is 39.5 Å². The quantitative estimate of drug-likeness (QED) is 0.284. The maximum atomic E-state index is 13.5. The van der Waals surface area contributed by atoms with Crippen LogP contribution in [-0.2, 0) is 4.79 Å². The second-order valence-electron chi connectivity index (χ2n) is 9.49. The van der Waals surface area contributed by atoms with Gasteiger partial charge in [0.15, 0.2) is 11.5 Å². The normalized spacial score (nSPS) is 16.7. The molecule has 33 heavy (non-hydrogen) atoms. The van der Waals surface area contributed by atoms with Crippen LogP contribution in [0.15, 0.2) is 60.2 Å². The molecule has 1 aliphatic carbocycles. The number of methoxy groups -OCH3 is 1. The zero-order valence-electron chi connectivity index (χ0n) is 19.3. The monoisotopic (exact) mass is 444 g/mol. The molecule has 3 aromatic rings. The fourth-order valence-corrected chi connectivity index (χ4v) is 4.97. The van der Waals surface area contributed by atoms with Crippen molar-refractivity contribution >= 4 is 33.5 Å². The van der Waals surface area contributed by atoms with Crippen LogP contribution in [0, 0.1) is 15.5 Å². The summed E-state index contributed by atoms with van der Waals surface area (Å²) in [4.78, 5) is 24.7. The molecule has 6 heteroatoms. The molecule has 1 atom stereocenters. The Bertz CT molecular complexity index is 1310. The lowest BCUT2D eigenvalue weighted by Crippen LogP contribution is -2.27. The summed E-state index contributed by atoms with van der Waals surface area (Å²) in [6.45, 7) is 6.11. The van der Waals surface area contributed by atoms with Gasteiger partial charge in [-0.2, -0.15) is 0 Å². The standard InChI is InChI=1S/C27H28N2O4/c1-16(18-10-12-24(33-4)22(13-18)29(31)32)25-20(14-27(2,3)15-23(25)30)26-19-8-6-5-7-17(19)9-11-21(26)28/h5-13,16H,14-15,28H2,1-4H3/t16-/m0/s1. The topological polar surface area (TPSA) is 95.5 Å². The number of allylic oxidation sites excluding steroid dienone is 2. The number of nitrogens with two attached hydrogens (primary N) is 1. The van der Waals surface area contributed by atoms with Crippen LogP contribution < -0.4 is 10.5 Å². The minimum Gasteiger partial charge on any atom is -0.490 e. The maximum absolute atomic E-state index is 13.5. The van der Waals surface area contributed by atoms with Crippen molar-refractivity contribution in [1.29, 1.82) is 0 Å². The molecule has 0 unspecified atom stereocenters. The third kappa shape index (κ3) is 4.09. The third-order valence-corrected chi connectivity index (χ3v) is 6.52. The van der Waals surface area contributed by atoms with Gasteiger partial charge in [-0.15, -0.1) is 0 Å². The summed E-state index contributed by atoms with van der Waals surface area (Å²) in [7, 11) is 1.40. The summed E-state index contributed by atoms with van der Waals surface area (Å²) in [6.07, 6.45) is 1.11. The Balaban J connectivity index is 1.98. The van der Waals surface area contributed by atoms with Crippen molar-refractivity contribution in [1.82, 2.24) is 0 Å². The number of anilines is 1. The molecule has 0 aromatic heterocycles. The van der Waals surface area contributed by atoms with Gasteiger partial charge >= 0.3 is 5.69 Å². The highest BCUT2D eigenvalue weighted by atomic mass is 16.6. The van der Waals surface area contributed by atoms with Crippen LogP contribution in [0.3, 0.4) is 0 Å². The molecule has 0 saturated heterocycles. The molecule has 0 radical (unpaired) electrons. The molecule has 0 fully saturated rings. The van der Waals surface area contributed by atoms with Crippen LogP contribution in [0.5, 0.6) is 5.75 Å². The minimum atomic E-state index is -0.459. The Hall–Kier alpha value is -3.67. The van der Waals surface area contributed by atoms with Crippen LogP contribution in [-0.4, -0.2) is 17.8 Å². The first-order valence-electron chi connectivity index (χ1n) is 11.0. The fraction of sp³-hybridized carbons (Fsp3) is 0.296. The molecule has 0 saturated carbocycles. The van der Waals surface area contributed by atoms with Crippen LogP contribution in [0.2, 0.25) is 0 Å². The van der Waals surface area contributed by atoms with E-state index in [1.807, 2.05) is 43.3 Å². The zero-order valence-corrected chi connectivity index (χ0v) is 19.3. The highest BCUT2D eigenvalue weighted by molar-refractivity contribution is 6.10. The van der Waals surface area contributed by atoms with Crippen LogP contribution in [0.25, 0.3) is 16.3 Å². The van der Waals surface area contributed by atoms with Gasteiger partial charge in [0.05, 0.1) is 12.0 Å². The van der Waals surface area contributed by atoms with E-state index in [2.05, 4.69) is 13.8 Å². The van der Waals surface area contributed by atoms with Crippen molar-refractivity contribution in [2.75, 3.05) is 12.8 Å². The van der Waals surface area contributed by atoms with E-state index in [9.17, 15) is 14.9 Å². The van der Waals surface area contributed by atoms with E-state index < -0.39 is 4.92 Å². The van der Waals surface area contributed by atoms with Gasteiger partial charge in [-0.3, -0.25) is 14.9 Å². The van der Waals surface area contributed by atoms with Gasteiger partial charge in [0.25, 0.3) is 0 Å². The van der Waals surface area contributed by atoms with Crippen LogP contribution >= 0.6 is 0 Å². The highest BCUT2D eigenvalue weighted by Gasteiger charge is 2.37. The van der Waals surface area contributed by atoms with E-state index in [1.165, 1.54) is 13.2 Å². The van der Waals surface area contributed by atoms with Gasteiger partial charge in [0.1, 0.15) is 0 Å². The predicted molar refractivity (Wildman–Crippen MR) is 131 cm³/mol. The van der Waals surface area contributed by atoms with Crippen molar-refractivity contribution < 1.29 is 14.5 Å². The molecule has 4 rings (SSSR count). The largest absolute Gasteiger partial charge is 0.490 e. The molecule has 0 heterocycles. The number of nitro groups is 1. The van der Waals surface area contributed by atoms with Crippen molar-refractivity contribution in [3.8, 4) is 5.75 Å². The Kier molecular flexibility index (Phi) is 5.70. The van der Waals surface area contributed by atoms with E-state index in [0.29, 0.717) is 29.7 Å². The number of Topliss-reactive ketones (excluding diaryl/α,β-unsaturated/α-hetero) is 1. The molecule has 0 aliphatic heterocycles. The van der Waals surface area contributed by atoms with Crippen molar-refractivity contribution in [2.24, 2.45) is 5.41 Å². The van der Waals surface area contributed by atoms with Crippen LogP contribution in [0.1, 0.15) is 50.7 Å². The number of ether oxygens (including phenoxy) is 1. The Morgan fingerprint density at radius 2 is 1.82 bits per heavy atom. The molecule has 3 aromatic carbocycles. The first-order chi connectivity index (χ1) is 15.6. The Morgan fingerprint density at radius 3 is 2.52 bits per heavy atom. The molecule has 1 aliphatic rings. The number of ketones is 1. The summed E-state index contributed by atoms with van der Waals surface area (Å²) >= 11 is 0. The lowest BCUT2D eigenvalue weighted by molar-refractivity contribution is -0.385. The predicted octanol–water partition coefficient (Wildman–Crippen LogP) is 6.29. The lowest BCUT2D eigenvalue weighted by Gasteiger charge is -2.35. The Morgan fingerprint density at radius 1 is 1.09 bits per heavy atom. The van der Waals surface area contributed by atoms with Gasteiger partial charge in [-0.05, 0) is 45.9 Å². The second-order valence-corrected chi connectivity index (χ2v) is 9.49. The van der Waals surface area contributed by atoms with E-state index in [4.69, 9.17) is 10.5 Å². The summed E-state index contributed by atoms with van der Waals surface area (Å²) in [5, 5.41) is 13.6. The smallest absolute Gasteiger partial charge is 0.311 e. The number of nitrogen functional groups attached to an aromatic ring is 1. The summed E-state index contributed by atoms with van der Waals surface area (Å²) in [5.41, 5.74) is 9.99. The van der Waals surface area contributed by atoms with E-state index in [0.717, 1.165) is 21.9 Å². The molecule has 170 valence electrons. The average Bonchev–Trinajstić information content (AvgIpc) is 2.77. The summed E-state index contributed by atoms with van der Waals surface area (Å²) in [6, 6.07) is 16.8. The second kappa shape index (κ2) is 8.35. The van der Waals surface area contributed by atoms with Crippen LogP contribution in [0.4, 0.5) is 11.4 Å². The zero-order chi connectivity index (χ0) is 23.9. The number of hydrogen-bond acceptors (Lipinski definition) is 5. The van der Waals surface area contributed by atoms with Gasteiger partial charge in [-0.25, -0.2) is 0 Å². The van der Waals surface area contributed by atoms with E-state index >= 15 is 0 Å². The number of carbonyl (C=O) groups is 1. The molecular formula is C27H28N2O4. The Labute approximate surface area is 193 Å². The van der Waals surface area contributed by atoms with Crippen molar-refractivity contribution in [3.05, 3.63) is 81.4 Å². The minimum absolute atomic E-state index is 0.0551. The number of rotatable bonds is 5. The number of nitrogens with zero attached hydrogens (tertiary/aromatic N) is 1. The van der Waals surface area contributed by atoms with Gasteiger partial charge in [0.2, 0.25) is 0 Å². The molecule has 0 spiro atoms. The first-order valence-corrected chi connectivity index (χ1v) is 11.0. The fourth-order valence-electron chi connectivity index (χ4n) is 4.97. The number of benzene rings is 3. The summed E-state index contributed by atoms with van der Waals surface area (Å²) < 4.78 is 5.15. The average molecular weight is 445 g/mol. The van der Waals surface area contributed by atoms with E-state index in [-0.39, 0.29) is 28.6 Å². The molecule has 0 amide bonds. The highest BCUT2D eigenvalue weighted by Crippen LogP contribution is 2.48. The maximum Gasteiger partial charge on any atom is 0.311 e. The molecular weight excluding hydrogens is 416 g/mol. The van der Waals surface area contributed by atoms with Gasteiger partial charge in [0, 0.05) is 35.2 Å². The van der Waals surface area contributed by atoms with Gasteiger partial charge < -0.3 is 10.5 Å². The van der Waals surface area contributed by atoms with Crippen molar-refractivity contribution in [3.63, 3.8) is 0 Å². The van der Waals surface area contributed by atoms with E-state index in [1.54, 1.807) is 12.1 Å². The lowest BCUT2D eigenvalue weighted by atomic mass is 9.68. The molecule has 6 nitrogen and oxygen atoms in total. The summed E-state index contributed by atoms with van der Waals surface area (Å²) in [5.74, 6) is -0.0920. The SMILES string of the molecule is COc1ccc([C@H](C)C2=C(c3c(N)ccc4ccccc34)CC(C)(C)CC2=O)cc1[N+](=O)[O-].